The summed E-state index contributed by atoms with van der Waals surface area (Å²) in [5.41, 5.74) is 0.388. The fourth-order valence-corrected chi connectivity index (χ4v) is 1.63. The number of carboxylic acid groups (broad SMARTS) is 1. The lowest BCUT2D eigenvalue weighted by molar-refractivity contribution is -0.0372. The molecule has 94 valence electrons. The first kappa shape index (κ1) is 13.9. The van der Waals surface area contributed by atoms with Crippen LogP contribution in [0, 0.1) is 0 Å². The van der Waals surface area contributed by atoms with Crippen molar-refractivity contribution in [1.29, 1.82) is 0 Å². The number of halogens is 3. The maximum Gasteiger partial charge on any atom is 0.336 e. The summed E-state index contributed by atoms with van der Waals surface area (Å²) < 4.78 is 25.8. The second-order valence-corrected chi connectivity index (χ2v) is 4.22. The monoisotopic (exact) mass is 309 g/mol. The molecule has 4 nitrogen and oxygen atoms in total. The van der Waals surface area contributed by atoms with Gasteiger partial charge in [-0.1, -0.05) is 0 Å². The molecule has 1 rings (SSSR count). The van der Waals surface area contributed by atoms with Crippen molar-refractivity contribution >= 4 is 27.6 Å². The van der Waals surface area contributed by atoms with Gasteiger partial charge in [-0.05, 0) is 34.1 Å². The number of aliphatic hydroxyl groups excluding tert-OH is 1. The standard InChI is InChI=1S/C10H10BrF2NO3/c11-8-3-6(1-2-7(8)9(16)17)14-4-10(12,13)5-15/h1-3,14-15H,4-5H2,(H,16,17). The SMILES string of the molecule is O=C(O)c1ccc(NCC(F)(F)CO)cc1Br. The first-order valence-corrected chi connectivity index (χ1v) is 5.40. The summed E-state index contributed by atoms with van der Waals surface area (Å²) in [6.07, 6.45) is 0. The van der Waals surface area contributed by atoms with Gasteiger partial charge < -0.3 is 15.5 Å². The van der Waals surface area contributed by atoms with Crippen LogP contribution in [0.3, 0.4) is 0 Å². The minimum absolute atomic E-state index is 0.0458. The maximum absolute atomic E-state index is 12.7. The number of hydrogen-bond donors (Lipinski definition) is 3. The van der Waals surface area contributed by atoms with Crippen LogP contribution in [0.25, 0.3) is 0 Å². The van der Waals surface area contributed by atoms with Crippen LogP contribution in [0.15, 0.2) is 22.7 Å². The van der Waals surface area contributed by atoms with Gasteiger partial charge in [-0.2, -0.15) is 0 Å². The van der Waals surface area contributed by atoms with Crippen LogP contribution in [-0.4, -0.2) is 35.3 Å². The largest absolute Gasteiger partial charge is 0.478 e. The zero-order chi connectivity index (χ0) is 13.1. The molecule has 17 heavy (non-hydrogen) atoms. The molecular formula is C10H10BrF2NO3. The molecule has 0 saturated carbocycles. The Labute approximate surface area is 104 Å². The predicted octanol–water partition coefficient (Wildman–Crippen LogP) is 2.19. The van der Waals surface area contributed by atoms with E-state index in [-0.39, 0.29) is 5.56 Å². The quantitative estimate of drug-likeness (QED) is 0.780. The first-order chi connectivity index (χ1) is 7.85. The van der Waals surface area contributed by atoms with Gasteiger partial charge in [0, 0.05) is 10.2 Å². The van der Waals surface area contributed by atoms with Gasteiger partial charge in [-0.25, -0.2) is 13.6 Å². The van der Waals surface area contributed by atoms with Crippen molar-refractivity contribution in [2.24, 2.45) is 0 Å². The van der Waals surface area contributed by atoms with Gasteiger partial charge in [-0.3, -0.25) is 0 Å². The molecule has 0 saturated heterocycles. The van der Waals surface area contributed by atoms with Crippen molar-refractivity contribution in [2.75, 3.05) is 18.5 Å². The lowest BCUT2D eigenvalue weighted by Crippen LogP contribution is -2.31. The van der Waals surface area contributed by atoms with Crippen LogP contribution in [0.1, 0.15) is 10.4 Å². The van der Waals surface area contributed by atoms with Gasteiger partial charge in [0.15, 0.2) is 0 Å². The van der Waals surface area contributed by atoms with Crippen molar-refractivity contribution < 1.29 is 23.8 Å². The Hall–Kier alpha value is -1.21. The highest BCUT2D eigenvalue weighted by Crippen LogP contribution is 2.22. The van der Waals surface area contributed by atoms with E-state index in [1.807, 2.05) is 0 Å². The number of aromatic carboxylic acids is 1. The molecule has 0 amide bonds. The van der Waals surface area contributed by atoms with Crippen molar-refractivity contribution in [1.82, 2.24) is 0 Å². The van der Waals surface area contributed by atoms with E-state index in [9.17, 15) is 13.6 Å². The van der Waals surface area contributed by atoms with Gasteiger partial charge in [0.2, 0.25) is 0 Å². The summed E-state index contributed by atoms with van der Waals surface area (Å²) in [5.74, 6) is -4.32. The van der Waals surface area contributed by atoms with Crippen molar-refractivity contribution in [3.63, 3.8) is 0 Å². The van der Waals surface area contributed by atoms with Crippen molar-refractivity contribution in [3.8, 4) is 0 Å². The Bertz CT molecular complexity index is 426. The molecule has 0 aliphatic heterocycles. The van der Waals surface area contributed by atoms with Crippen LogP contribution >= 0.6 is 15.9 Å². The summed E-state index contributed by atoms with van der Waals surface area (Å²) in [6, 6.07) is 4.06. The number of aliphatic hydroxyl groups is 1. The van der Waals surface area contributed by atoms with E-state index in [1.54, 1.807) is 0 Å². The van der Waals surface area contributed by atoms with Crippen LogP contribution in [0.2, 0.25) is 0 Å². The van der Waals surface area contributed by atoms with E-state index < -0.39 is 25.0 Å². The third-order valence-electron chi connectivity index (χ3n) is 1.98. The molecule has 1 aromatic rings. The van der Waals surface area contributed by atoms with Gasteiger partial charge in [0.05, 0.1) is 12.1 Å². The van der Waals surface area contributed by atoms with Crippen molar-refractivity contribution in [3.05, 3.63) is 28.2 Å². The number of benzene rings is 1. The van der Waals surface area contributed by atoms with Gasteiger partial charge in [0.25, 0.3) is 5.92 Å². The topological polar surface area (TPSA) is 69.6 Å². The van der Waals surface area contributed by atoms with Crippen molar-refractivity contribution in [2.45, 2.75) is 5.92 Å². The fourth-order valence-electron chi connectivity index (χ4n) is 1.09. The Morgan fingerprint density at radius 3 is 2.59 bits per heavy atom. The molecule has 0 bridgehead atoms. The Balaban J connectivity index is 2.75. The Morgan fingerprint density at radius 1 is 1.47 bits per heavy atom. The number of carboxylic acids is 1. The normalized spacial score (nSPS) is 11.3. The van der Waals surface area contributed by atoms with E-state index >= 15 is 0 Å². The lowest BCUT2D eigenvalue weighted by atomic mass is 10.2. The molecular weight excluding hydrogens is 300 g/mol. The highest BCUT2D eigenvalue weighted by molar-refractivity contribution is 9.10. The van der Waals surface area contributed by atoms with Gasteiger partial charge >= 0.3 is 5.97 Å². The summed E-state index contributed by atoms with van der Waals surface area (Å²) in [6.45, 7) is -1.96. The number of nitrogens with one attached hydrogen (secondary N) is 1. The number of alkyl halides is 2. The highest BCUT2D eigenvalue weighted by atomic mass is 79.9. The Morgan fingerprint density at radius 2 is 2.12 bits per heavy atom. The average Bonchev–Trinajstić information content (AvgIpc) is 2.26. The van der Waals surface area contributed by atoms with Gasteiger partial charge in [-0.15, -0.1) is 0 Å². The van der Waals surface area contributed by atoms with Gasteiger partial charge in [0.1, 0.15) is 6.61 Å². The van der Waals surface area contributed by atoms with Crippen LogP contribution in [-0.2, 0) is 0 Å². The zero-order valence-corrected chi connectivity index (χ0v) is 10.2. The first-order valence-electron chi connectivity index (χ1n) is 4.61. The number of rotatable bonds is 5. The molecule has 0 atom stereocenters. The molecule has 1 aromatic carbocycles. The molecule has 0 spiro atoms. The highest BCUT2D eigenvalue weighted by Gasteiger charge is 2.27. The third-order valence-corrected chi connectivity index (χ3v) is 2.64. The third kappa shape index (κ3) is 3.94. The average molecular weight is 310 g/mol. The minimum atomic E-state index is -3.21. The predicted molar refractivity (Wildman–Crippen MR) is 61.6 cm³/mol. The molecule has 3 N–H and O–H groups in total. The van der Waals surface area contributed by atoms with E-state index in [4.69, 9.17) is 10.2 Å². The summed E-state index contributed by atoms with van der Waals surface area (Å²) in [4.78, 5) is 10.7. The molecule has 0 radical (unpaired) electrons. The van der Waals surface area contributed by atoms with E-state index in [0.717, 1.165) is 0 Å². The molecule has 0 aromatic heterocycles. The molecule has 7 heteroatoms. The minimum Gasteiger partial charge on any atom is -0.478 e. The fraction of sp³-hybridized carbons (Fsp3) is 0.300. The second-order valence-electron chi connectivity index (χ2n) is 3.37. The molecule has 0 unspecified atom stereocenters. The zero-order valence-electron chi connectivity index (χ0n) is 8.58. The second kappa shape index (κ2) is 5.42. The van der Waals surface area contributed by atoms with Crippen LogP contribution < -0.4 is 5.32 Å². The lowest BCUT2D eigenvalue weighted by Gasteiger charge is -2.15. The number of anilines is 1. The van der Waals surface area contributed by atoms with Crippen LogP contribution in [0.4, 0.5) is 14.5 Å². The summed E-state index contributed by atoms with van der Waals surface area (Å²) >= 11 is 3.03. The van der Waals surface area contributed by atoms with Crippen LogP contribution in [0.5, 0.6) is 0 Å². The molecule has 0 aliphatic rings. The van der Waals surface area contributed by atoms with E-state index in [1.165, 1.54) is 18.2 Å². The van der Waals surface area contributed by atoms with E-state index in [2.05, 4.69) is 21.2 Å². The van der Waals surface area contributed by atoms with E-state index in [0.29, 0.717) is 10.2 Å². The molecule has 0 aliphatic carbocycles. The number of carbonyl (C=O) groups is 1. The smallest absolute Gasteiger partial charge is 0.336 e. The number of hydrogen-bond acceptors (Lipinski definition) is 3. The molecule has 0 heterocycles. The molecule has 0 fully saturated rings. The maximum atomic E-state index is 12.7. The summed E-state index contributed by atoms with van der Waals surface area (Å²) in [7, 11) is 0. The summed E-state index contributed by atoms with van der Waals surface area (Å²) in [5, 5.41) is 19.5. The Kier molecular flexibility index (Phi) is 4.41.